The normalized spacial score (nSPS) is 20.5. The molecule has 0 aromatic heterocycles. The number of nitrogens with zero attached hydrogens (tertiary/aromatic N) is 1. The van der Waals surface area contributed by atoms with Crippen molar-refractivity contribution < 1.29 is 9.59 Å². The molecule has 0 unspecified atom stereocenters. The predicted octanol–water partition coefficient (Wildman–Crippen LogP) is 2.23. The van der Waals surface area contributed by atoms with Crippen LogP contribution >= 0.6 is 0 Å². The Hall–Kier alpha value is -2.04. The number of carbonyl (C=O) groups excluding carboxylic acids is 2. The van der Waals surface area contributed by atoms with Crippen molar-refractivity contribution in [2.24, 2.45) is 5.73 Å². The standard InChI is InChI=1S/C17H25N3O2/c1-3-14(13-8-5-4-6-9-13)15-10-7-11-20(15)16(21)12(2)19-17(18)22/h4-6,8-9,12,14-15H,3,7,10-11H2,1-2H3,(H3,18,19,22)/t12-,14-,15-/m1/s1. The summed E-state index contributed by atoms with van der Waals surface area (Å²) in [6.45, 7) is 4.59. The average Bonchev–Trinajstić information content (AvgIpc) is 2.97. The van der Waals surface area contributed by atoms with Gasteiger partial charge in [-0.2, -0.15) is 0 Å². The van der Waals surface area contributed by atoms with E-state index in [1.807, 2.05) is 23.1 Å². The van der Waals surface area contributed by atoms with E-state index in [1.54, 1.807) is 6.92 Å². The minimum Gasteiger partial charge on any atom is -0.352 e. The van der Waals surface area contributed by atoms with Gasteiger partial charge in [-0.1, -0.05) is 37.3 Å². The van der Waals surface area contributed by atoms with Gasteiger partial charge in [0.1, 0.15) is 6.04 Å². The molecule has 3 amide bonds. The van der Waals surface area contributed by atoms with Crippen molar-refractivity contribution in [1.82, 2.24) is 10.2 Å². The quantitative estimate of drug-likeness (QED) is 0.875. The number of rotatable bonds is 5. The zero-order valence-electron chi connectivity index (χ0n) is 13.3. The lowest BCUT2D eigenvalue weighted by Crippen LogP contribution is -2.50. The van der Waals surface area contributed by atoms with Gasteiger partial charge >= 0.3 is 6.03 Å². The van der Waals surface area contributed by atoms with Crippen LogP contribution in [0.15, 0.2) is 30.3 Å². The molecule has 0 bridgehead atoms. The summed E-state index contributed by atoms with van der Waals surface area (Å²) in [5.41, 5.74) is 6.39. The number of amides is 3. The third-order valence-electron chi connectivity index (χ3n) is 4.44. The fourth-order valence-electron chi connectivity index (χ4n) is 3.44. The van der Waals surface area contributed by atoms with Crippen LogP contribution in [-0.4, -0.2) is 35.5 Å². The molecule has 1 fully saturated rings. The fraction of sp³-hybridized carbons (Fsp3) is 0.529. The number of benzene rings is 1. The van der Waals surface area contributed by atoms with E-state index in [2.05, 4.69) is 24.4 Å². The van der Waals surface area contributed by atoms with Gasteiger partial charge in [-0.25, -0.2) is 4.79 Å². The second-order valence-corrected chi connectivity index (χ2v) is 5.90. The van der Waals surface area contributed by atoms with E-state index in [1.165, 1.54) is 5.56 Å². The SMILES string of the molecule is CC[C@H](c1ccccc1)[C@H]1CCCN1C(=O)[C@@H](C)NC(N)=O. The fourth-order valence-corrected chi connectivity index (χ4v) is 3.44. The number of likely N-dealkylation sites (tertiary alicyclic amines) is 1. The number of hydrogen-bond acceptors (Lipinski definition) is 2. The first-order chi connectivity index (χ1) is 10.5. The van der Waals surface area contributed by atoms with Crippen molar-refractivity contribution in [3.05, 3.63) is 35.9 Å². The van der Waals surface area contributed by atoms with Gasteiger partial charge < -0.3 is 16.0 Å². The highest BCUT2D eigenvalue weighted by atomic mass is 16.2. The minimum atomic E-state index is -0.660. The maximum atomic E-state index is 12.6. The van der Waals surface area contributed by atoms with Crippen LogP contribution < -0.4 is 11.1 Å². The van der Waals surface area contributed by atoms with E-state index < -0.39 is 12.1 Å². The van der Waals surface area contributed by atoms with Crippen LogP contribution in [0.3, 0.4) is 0 Å². The zero-order valence-corrected chi connectivity index (χ0v) is 13.3. The van der Waals surface area contributed by atoms with Crippen LogP contribution in [0.1, 0.15) is 44.6 Å². The summed E-state index contributed by atoms with van der Waals surface area (Å²) < 4.78 is 0. The first kappa shape index (κ1) is 16.3. The lowest BCUT2D eigenvalue weighted by Gasteiger charge is -2.33. The molecule has 3 atom stereocenters. The van der Waals surface area contributed by atoms with E-state index in [-0.39, 0.29) is 11.9 Å². The highest BCUT2D eigenvalue weighted by Gasteiger charge is 2.36. The third kappa shape index (κ3) is 3.59. The summed E-state index contributed by atoms with van der Waals surface area (Å²) in [7, 11) is 0. The van der Waals surface area contributed by atoms with Crippen molar-refractivity contribution in [3.8, 4) is 0 Å². The summed E-state index contributed by atoms with van der Waals surface area (Å²) >= 11 is 0. The molecule has 0 spiro atoms. The van der Waals surface area contributed by atoms with Crippen LogP contribution in [0.2, 0.25) is 0 Å². The van der Waals surface area contributed by atoms with E-state index >= 15 is 0 Å². The molecule has 0 radical (unpaired) electrons. The molecule has 1 aliphatic heterocycles. The molecule has 1 aliphatic rings. The highest BCUT2D eigenvalue weighted by molar-refractivity contribution is 5.86. The van der Waals surface area contributed by atoms with Crippen molar-refractivity contribution in [1.29, 1.82) is 0 Å². The van der Waals surface area contributed by atoms with Crippen LogP contribution in [-0.2, 0) is 4.79 Å². The Bertz CT molecular complexity index is 518. The molecule has 1 aromatic carbocycles. The molecular formula is C17H25N3O2. The molecular weight excluding hydrogens is 278 g/mol. The highest BCUT2D eigenvalue weighted by Crippen LogP contribution is 2.33. The van der Waals surface area contributed by atoms with E-state index in [0.29, 0.717) is 5.92 Å². The number of carbonyl (C=O) groups is 2. The van der Waals surface area contributed by atoms with Gasteiger partial charge in [0.2, 0.25) is 5.91 Å². The molecule has 0 saturated carbocycles. The molecule has 1 aromatic rings. The zero-order chi connectivity index (χ0) is 16.1. The summed E-state index contributed by atoms with van der Waals surface area (Å²) in [5.74, 6) is 0.282. The van der Waals surface area contributed by atoms with Crippen LogP contribution in [0.25, 0.3) is 0 Å². The Morgan fingerprint density at radius 1 is 1.36 bits per heavy atom. The van der Waals surface area contributed by atoms with Gasteiger partial charge in [-0.15, -0.1) is 0 Å². The minimum absolute atomic E-state index is 0.0457. The second kappa shape index (κ2) is 7.29. The summed E-state index contributed by atoms with van der Waals surface area (Å²) in [4.78, 5) is 25.5. The molecule has 5 heteroatoms. The Kier molecular flexibility index (Phi) is 5.41. The van der Waals surface area contributed by atoms with Gasteiger partial charge in [-0.05, 0) is 31.7 Å². The van der Waals surface area contributed by atoms with Gasteiger partial charge in [-0.3, -0.25) is 4.79 Å². The Morgan fingerprint density at radius 3 is 2.64 bits per heavy atom. The molecule has 3 N–H and O–H groups in total. The molecule has 1 saturated heterocycles. The number of primary amides is 1. The largest absolute Gasteiger partial charge is 0.352 e. The van der Waals surface area contributed by atoms with E-state index in [4.69, 9.17) is 5.73 Å². The lowest BCUT2D eigenvalue weighted by atomic mass is 9.87. The number of urea groups is 1. The summed E-state index contributed by atoms with van der Waals surface area (Å²) in [5, 5.41) is 2.48. The summed E-state index contributed by atoms with van der Waals surface area (Å²) in [6, 6.07) is 9.29. The molecule has 0 aliphatic carbocycles. The maximum Gasteiger partial charge on any atom is 0.312 e. The number of nitrogens with one attached hydrogen (secondary N) is 1. The molecule has 5 nitrogen and oxygen atoms in total. The van der Waals surface area contributed by atoms with Gasteiger partial charge in [0, 0.05) is 18.5 Å². The van der Waals surface area contributed by atoms with E-state index in [9.17, 15) is 9.59 Å². The van der Waals surface area contributed by atoms with Crippen LogP contribution in [0.5, 0.6) is 0 Å². The van der Waals surface area contributed by atoms with Gasteiger partial charge in [0.25, 0.3) is 0 Å². The molecule has 1 heterocycles. The van der Waals surface area contributed by atoms with Crippen molar-refractivity contribution in [3.63, 3.8) is 0 Å². The van der Waals surface area contributed by atoms with Gasteiger partial charge in [0.15, 0.2) is 0 Å². The average molecular weight is 303 g/mol. The first-order valence-corrected chi connectivity index (χ1v) is 7.96. The Labute approximate surface area is 131 Å². The number of nitrogens with two attached hydrogens (primary N) is 1. The molecule has 22 heavy (non-hydrogen) atoms. The van der Waals surface area contributed by atoms with Crippen molar-refractivity contribution in [2.45, 2.75) is 51.1 Å². The van der Waals surface area contributed by atoms with Crippen molar-refractivity contribution >= 4 is 11.9 Å². The topological polar surface area (TPSA) is 75.4 Å². The Morgan fingerprint density at radius 2 is 2.05 bits per heavy atom. The Balaban J connectivity index is 2.15. The third-order valence-corrected chi connectivity index (χ3v) is 4.44. The molecule has 120 valence electrons. The van der Waals surface area contributed by atoms with Crippen LogP contribution in [0.4, 0.5) is 4.79 Å². The van der Waals surface area contributed by atoms with Crippen LogP contribution in [0, 0.1) is 0 Å². The lowest BCUT2D eigenvalue weighted by molar-refractivity contribution is -0.134. The molecule has 2 rings (SSSR count). The first-order valence-electron chi connectivity index (χ1n) is 7.96. The van der Waals surface area contributed by atoms with E-state index in [0.717, 1.165) is 25.8 Å². The smallest absolute Gasteiger partial charge is 0.312 e. The summed E-state index contributed by atoms with van der Waals surface area (Å²) in [6.07, 6.45) is 2.99. The van der Waals surface area contributed by atoms with Gasteiger partial charge in [0.05, 0.1) is 0 Å². The predicted molar refractivity (Wildman–Crippen MR) is 86.4 cm³/mol. The van der Waals surface area contributed by atoms with Crippen molar-refractivity contribution in [2.75, 3.05) is 6.54 Å². The maximum absolute atomic E-state index is 12.6. The number of hydrogen-bond donors (Lipinski definition) is 2. The second-order valence-electron chi connectivity index (χ2n) is 5.90. The monoisotopic (exact) mass is 303 g/mol.